The van der Waals surface area contributed by atoms with E-state index in [1.54, 1.807) is 0 Å². The molecule has 0 amide bonds. The van der Waals surface area contributed by atoms with Gasteiger partial charge in [0.2, 0.25) is 0 Å². The lowest BCUT2D eigenvalue weighted by Crippen LogP contribution is -2.16. The molecular formula is C13H20N2O2. The van der Waals surface area contributed by atoms with Crippen LogP contribution in [0.1, 0.15) is 31.9 Å². The fraction of sp³-hybridized carbons (Fsp3) is 0.462. The molecule has 0 unspecified atom stereocenters. The molecule has 1 aromatic rings. The van der Waals surface area contributed by atoms with Crippen molar-refractivity contribution in [3.05, 3.63) is 35.4 Å². The number of hydrogen-bond acceptors (Lipinski definition) is 3. The van der Waals surface area contributed by atoms with E-state index in [4.69, 9.17) is 15.7 Å². The Hall–Kier alpha value is -1.55. The van der Waals surface area contributed by atoms with Gasteiger partial charge in [0.25, 0.3) is 0 Å². The highest BCUT2D eigenvalue weighted by molar-refractivity contribution is 5.80. The SMILES string of the molecule is CC(C)(C)c1ccc(CO/N=C(\N)CO)cc1. The second-order valence-corrected chi connectivity index (χ2v) is 4.96. The molecule has 1 rings (SSSR count). The van der Waals surface area contributed by atoms with Crippen molar-refractivity contribution in [1.29, 1.82) is 0 Å². The third kappa shape index (κ3) is 4.44. The van der Waals surface area contributed by atoms with E-state index in [1.807, 2.05) is 12.1 Å². The van der Waals surface area contributed by atoms with E-state index in [1.165, 1.54) is 5.56 Å². The number of nitrogens with zero attached hydrogens (tertiary/aromatic N) is 1. The van der Waals surface area contributed by atoms with Gasteiger partial charge in [-0.3, -0.25) is 0 Å². The maximum Gasteiger partial charge on any atom is 0.165 e. The van der Waals surface area contributed by atoms with E-state index in [-0.39, 0.29) is 17.9 Å². The Kier molecular flexibility index (Phi) is 4.52. The van der Waals surface area contributed by atoms with Gasteiger partial charge in [-0.05, 0) is 16.5 Å². The van der Waals surface area contributed by atoms with Crippen LogP contribution in [0.4, 0.5) is 0 Å². The summed E-state index contributed by atoms with van der Waals surface area (Å²) in [6.07, 6.45) is 0. The number of nitrogens with two attached hydrogens (primary N) is 1. The molecule has 0 bridgehead atoms. The molecule has 0 radical (unpaired) electrons. The van der Waals surface area contributed by atoms with Crippen LogP contribution in [0.25, 0.3) is 0 Å². The van der Waals surface area contributed by atoms with Crippen LogP contribution in [0.2, 0.25) is 0 Å². The first-order valence-electron chi connectivity index (χ1n) is 5.58. The fourth-order valence-electron chi connectivity index (χ4n) is 1.32. The molecule has 3 N–H and O–H groups in total. The van der Waals surface area contributed by atoms with Crippen molar-refractivity contribution in [2.24, 2.45) is 10.9 Å². The molecule has 0 fully saturated rings. The van der Waals surface area contributed by atoms with Gasteiger partial charge in [0.1, 0.15) is 13.2 Å². The van der Waals surface area contributed by atoms with Crippen LogP contribution in [0.15, 0.2) is 29.4 Å². The van der Waals surface area contributed by atoms with Crippen LogP contribution in [0.3, 0.4) is 0 Å². The number of aliphatic hydroxyl groups excluding tert-OH is 1. The first-order valence-corrected chi connectivity index (χ1v) is 5.58. The summed E-state index contributed by atoms with van der Waals surface area (Å²) in [7, 11) is 0. The summed E-state index contributed by atoms with van der Waals surface area (Å²) in [6.45, 7) is 6.58. The van der Waals surface area contributed by atoms with Crippen molar-refractivity contribution in [3.8, 4) is 0 Å². The molecule has 0 aromatic heterocycles. The molecule has 0 aliphatic heterocycles. The monoisotopic (exact) mass is 236 g/mol. The molecule has 0 saturated carbocycles. The normalized spacial score (nSPS) is 12.6. The molecule has 0 spiro atoms. The van der Waals surface area contributed by atoms with E-state index in [9.17, 15) is 0 Å². The molecule has 0 atom stereocenters. The molecule has 0 heterocycles. The molecule has 0 saturated heterocycles. The van der Waals surface area contributed by atoms with Crippen molar-refractivity contribution in [2.45, 2.75) is 32.8 Å². The molecule has 0 aliphatic rings. The van der Waals surface area contributed by atoms with Crippen LogP contribution < -0.4 is 5.73 Å². The molecule has 17 heavy (non-hydrogen) atoms. The van der Waals surface area contributed by atoms with Gasteiger partial charge in [0.05, 0.1) is 0 Å². The number of hydrogen-bond donors (Lipinski definition) is 2. The van der Waals surface area contributed by atoms with Gasteiger partial charge in [0.15, 0.2) is 5.84 Å². The predicted molar refractivity (Wildman–Crippen MR) is 68.6 cm³/mol. The quantitative estimate of drug-likeness (QED) is 0.475. The smallest absolute Gasteiger partial charge is 0.165 e. The first-order chi connectivity index (χ1) is 7.93. The summed E-state index contributed by atoms with van der Waals surface area (Å²) in [6, 6.07) is 8.17. The van der Waals surface area contributed by atoms with E-state index < -0.39 is 0 Å². The molecule has 94 valence electrons. The average molecular weight is 236 g/mol. The summed E-state index contributed by atoms with van der Waals surface area (Å²) in [5.41, 5.74) is 7.74. The summed E-state index contributed by atoms with van der Waals surface area (Å²) in [5, 5.41) is 12.2. The lowest BCUT2D eigenvalue weighted by atomic mass is 9.87. The Balaban J connectivity index is 2.58. The van der Waals surface area contributed by atoms with Crippen LogP contribution in [0.5, 0.6) is 0 Å². The lowest BCUT2D eigenvalue weighted by Gasteiger charge is -2.18. The van der Waals surface area contributed by atoms with E-state index in [0.717, 1.165) is 5.56 Å². The van der Waals surface area contributed by atoms with Crippen molar-refractivity contribution >= 4 is 5.84 Å². The predicted octanol–water partition coefficient (Wildman–Crippen LogP) is 1.77. The molecule has 4 heteroatoms. The van der Waals surface area contributed by atoms with Crippen LogP contribution in [0, 0.1) is 0 Å². The highest BCUT2D eigenvalue weighted by Crippen LogP contribution is 2.22. The Labute approximate surface area is 102 Å². The summed E-state index contributed by atoms with van der Waals surface area (Å²) in [4.78, 5) is 5.00. The summed E-state index contributed by atoms with van der Waals surface area (Å²) >= 11 is 0. The van der Waals surface area contributed by atoms with E-state index in [0.29, 0.717) is 6.61 Å². The number of oxime groups is 1. The summed E-state index contributed by atoms with van der Waals surface area (Å²) < 4.78 is 0. The maximum atomic E-state index is 8.62. The van der Waals surface area contributed by atoms with Crippen molar-refractivity contribution in [3.63, 3.8) is 0 Å². The summed E-state index contributed by atoms with van der Waals surface area (Å²) in [5.74, 6) is 0.0799. The van der Waals surface area contributed by atoms with Gasteiger partial charge in [0, 0.05) is 0 Å². The maximum absolute atomic E-state index is 8.62. The zero-order chi connectivity index (χ0) is 12.9. The Morgan fingerprint density at radius 3 is 2.35 bits per heavy atom. The lowest BCUT2D eigenvalue weighted by molar-refractivity contribution is 0.128. The minimum atomic E-state index is -0.289. The number of rotatable bonds is 4. The van der Waals surface area contributed by atoms with Crippen molar-refractivity contribution < 1.29 is 9.94 Å². The minimum absolute atomic E-state index is 0.0799. The number of amidine groups is 1. The van der Waals surface area contributed by atoms with Gasteiger partial charge in [-0.15, -0.1) is 0 Å². The Bertz CT molecular complexity index is 377. The molecular weight excluding hydrogens is 216 g/mol. The first kappa shape index (κ1) is 13.5. The van der Waals surface area contributed by atoms with Crippen LogP contribution in [-0.2, 0) is 16.9 Å². The third-order valence-corrected chi connectivity index (χ3v) is 2.39. The van der Waals surface area contributed by atoms with Gasteiger partial charge >= 0.3 is 0 Å². The van der Waals surface area contributed by atoms with Crippen LogP contribution in [-0.4, -0.2) is 17.5 Å². The van der Waals surface area contributed by atoms with Crippen molar-refractivity contribution in [1.82, 2.24) is 0 Å². The van der Waals surface area contributed by atoms with Gasteiger partial charge in [-0.25, -0.2) is 0 Å². The van der Waals surface area contributed by atoms with Crippen LogP contribution >= 0.6 is 0 Å². The Morgan fingerprint density at radius 2 is 1.88 bits per heavy atom. The highest BCUT2D eigenvalue weighted by atomic mass is 16.6. The largest absolute Gasteiger partial charge is 0.389 e. The zero-order valence-corrected chi connectivity index (χ0v) is 10.6. The van der Waals surface area contributed by atoms with E-state index in [2.05, 4.69) is 38.1 Å². The van der Waals surface area contributed by atoms with Crippen molar-refractivity contribution in [2.75, 3.05) is 6.61 Å². The minimum Gasteiger partial charge on any atom is -0.389 e. The second kappa shape index (κ2) is 5.68. The second-order valence-electron chi connectivity index (χ2n) is 4.96. The van der Waals surface area contributed by atoms with E-state index >= 15 is 0 Å². The Morgan fingerprint density at radius 1 is 1.29 bits per heavy atom. The number of benzene rings is 1. The topological polar surface area (TPSA) is 67.8 Å². The standard InChI is InChI=1S/C13H20N2O2/c1-13(2,3)11-6-4-10(5-7-11)9-17-15-12(14)8-16/h4-7,16H,8-9H2,1-3H3,(H2,14,15). The fourth-order valence-corrected chi connectivity index (χ4v) is 1.32. The van der Waals surface area contributed by atoms with Gasteiger partial charge in [-0.2, -0.15) is 0 Å². The third-order valence-electron chi connectivity index (χ3n) is 2.39. The van der Waals surface area contributed by atoms with Gasteiger partial charge < -0.3 is 15.7 Å². The highest BCUT2D eigenvalue weighted by Gasteiger charge is 2.12. The number of aliphatic hydroxyl groups is 1. The van der Waals surface area contributed by atoms with Gasteiger partial charge in [-0.1, -0.05) is 50.2 Å². The average Bonchev–Trinajstić information content (AvgIpc) is 2.28. The zero-order valence-electron chi connectivity index (χ0n) is 10.6. The molecule has 1 aromatic carbocycles. The molecule has 0 aliphatic carbocycles. The molecule has 4 nitrogen and oxygen atoms in total.